The Morgan fingerprint density at radius 2 is 1.81 bits per heavy atom. The molecule has 142 valence electrons. The van der Waals surface area contributed by atoms with Gasteiger partial charge >= 0.3 is 0 Å². The molecule has 0 spiro atoms. The van der Waals surface area contributed by atoms with Gasteiger partial charge in [0.15, 0.2) is 0 Å². The lowest BCUT2D eigenvalue weighted by Crippen LogP contribution is -2.45. The van der Waals surface area contributed by atoms with Gasteiger partial charge in [-0.1, -0.05) is 54.1 Å². The molecule has 27 heavy (non-hydrogen) atoms. The Labute approximate surface area is 162 Å². The van der Waals surface area contributed by atoms with Crippen molar-refractivity contribution >= 4 is 10.0 Å². The van der Waals surface area contributed by atoms with Crippen LogP contribution in [0, 0.1) is 18.8 Å². The van der Waals surface area contributed by atoms with Crippen molar-refractivity contribution in [1.29, 1.82) is 0 Å². The van der Waals surface area contributed by atoms with Crippen molar-refractivity contribution in [2.75, 3.05) is 13.1 Å². The molecule has 0 saturated carbocycles. The van der Waals surface area contributed by atoms with Gasteiger partial charge in [-0.15, -0.1) is 6.58 Å². The zero-order valence-corrected chi connectivity index (χ0v) is 16.5. The van der Waals surface area contributed by atoms with E-state index in [-0.39, 0.29) is 12.1 Å². The van der Waals surface area contributed by atoms with Gasteiger partial charge in [0.05, 0.1) is 11.1 Å². The molecule has 4 nitrogen and oxygen atoms in total. The Hall–Kier alpha value is -1.95. The Morgan fingerprint density at radius 1 is 1.11 bits per heavy atom. The van der Waals surface area contributed by atoms with Crippen LogP contribution in [0.15, 0.2) is 72.1 Å². The van der Waals surface area contributed by atoms with Crippen LogP contribution in [0.3, 0.4) is 0 Å². The molecule has 0 amide bonds. The summed E-state index contributed by atoms with van der Waals surface area (Å²) in [6.07, 6.45) is 2.85. The van der Waals surface area contributed by atoms with Crippen molar-refractivity contribution < 1.29 is 8.42 Å². The highest BCUT2D eigenvalue weighted by atomic mass is 32.2. The van der Waals surface area contributed by atoms with Crippen LogP contribution in [0.25, 0.3) is 0 Å². The fraction of sp³-hybridized carbons (Fsp3) is 0.364. The maximum atomic E-state index is 13.4. The van der Waals surface area contributed by atoms with Gasteiger partial charge in [-0.3, -0.25) is 4.90 Å². The van der Waals surface area contributed by atoms with E-state index in [9.17, 15) is 8.42 Å². The molecule has 2 aromatic rings. The Morgan fingerprint density at radius 3 is 2.48 bits per heavy atom. The highest BCUT2D eigenvalue weighted by Gasteiger charge is 2.51. The predicted octanol–water partition coefficient (Wildman–Crippen LogP) is 3.65. The molecule has 2 aliphatic rings. The molecule has 0 bridgehead atoms. The highest BCUT2D eigenvalue weighted by molar-refractivity contribution is 7.89. The Kier molecular flexibility index (Phi) is 4.93. The average Bonchev–Trinajstić information content (AvgIpc) is 3.24. The van der Waals surface area contributed by atoms with E-state index in [0.717, 1.165) is 25.1 Å². The van der Waals surface area contributed by atoms with Gasteiger partial charge in [-0.25, -0.2) is 8.42 Å². The summed E-state index contributed by atoms with van der Waals surface area (Å²) in [4.78, 5) is 2.69. The zero-order chi connectivity index (χ0) is 19.0. The minimum absolute atomic E-state index is 0.0977. The summed E-state index contributed by atoms with van der Waals surface area (Å²) in [7, 11) is -3.53. The van der Waals surface area contributed by atoms with Crippen LogP contribution < -0.4 is 0 Å². The van der Waals surface area contributed by atoms with E-state index in [0.29, 0.717) is 17.4 Å². The first-order valence-electron chi connectivity index (χ1n) is 9.50. The summed E-state index contributed by atoms with van der Waals surface area (Å²) < 4.78 is 28.5. The summed E-state index contributed by atoms with van der Waals surface area (Å²) in [5.41, 5.74) is 2.27. The summed E-state index contributed by atoms with van der Waals surface area (Å²) in [6, 6.07) is 17.4. The first-order chi connectivity index (χ1) is 13.0. The summed E-state index contributed by atoms with van der Waals surface area (Å²) in [5.74, 6) is 0.516. The van der Waals surface area contributed by atoms with Crippen molar-refractivity contribution in [3.63, 3.8) is 0 Å². The average molecular weight is 383 g/mol. The number of likely N-dealkylation sites (tertiary alicyclic amines) is 1. The maximum absolute atomic E-state index is 13.4. The van der Waals surface area contributed by atoms with Gasteiger partial charge < -0.3 is 0 Å². The number of benzene rings is 2. The Balaban J connectivity index is 1.66. The Bertz CT molecular complexity index is 909. The third kappa shape index (κ3) is 3.35. The van der Waals surface area contributed by atoms with Gasteiger partial charge in [0.1, 0.15) is 0 Å². The highest BCUT2D eigenvalue weighted by Crippen LogP contribution is 2.43. The normalized spacial score (nSPS) is 26.2. The van der Waals surface area contributed by atoms with Crippen LogP contribution in [-0.4, -0.2) is 36.9 Å². The second kappa shape index (κ2) is 7.23. The minimum atomic E-state index is -3.53. The zero-order valence-electron chi connectivity index (χ0n) is 15.7. The van der Waals surface area contributed by atoms with Gasteiger partial charge in [0.25, 0.3) is 0 Å². The van der Waals surface area contributed by atoms with E-state index in [4.69, 9.17) is 0 Å². The quantitative estimate of drug-likeness (QED) is 0.741. The molecule has 2 heterocycles. The van der Waals surface area contributed by atoms with Gasteiger partial charge in [0.2, 0.25) is 10.0 Å². The first kappa shape index (κ1) is 18.4. The molecule has 0 radical (unpaired) electrons. The lowest BCUT2D eigenvalue weighted by molar-refractivity contribution is 0.149. The van der Waals surface area contributed by atoms with Crippen LogP contribution in [0.1, 0.15) is 17.5 Å². The predicted molar refractivity (Wildman–Crippen MR) is 108 cm³/mol. The smallest absolute Gasteiger partial charge is 0.244 e. The van der Waals surface area contributed by atoms with E-state index in [1.54, 1.807) is 16.4 Å². The molecule has 2 aliphatic heterocycles. The largest absolute Gasteiger partial charge is 0.282 e. The fourth-order valence-electron chi connectivity index (χ4n) is 4.47. The van der Waals surface area contributed by atoms with Crippen LogP contribution in [0.5, 0.6) is 0 Å². The number of rotatable bonds is 5. The van der Waals surface area contributed by atoms with E-state index >= 15 is 0 Å². The third-order valence-electron chi connectivity index (χ3n) is 5.90. The van der Waals surface area contributed by atoms with Crippen molar-refractivity contribution in [2.24, 2.45) is 11.8 Å². The van der Waals surface area contributed by atoms with E-state index in [1.807, 2.05) is 43.3 Å². The van der Waals surface area contributed by atoms with Crippen molar-refractivity contribution in [1.82, 2.24) is 9.21 Å². The summed E-state index contributed by atoms with van der Waals surface area (Å²) in [6.45, 7) is 8.13. The fourth-order valence-corrected chi connectivity index (χ4v) is 6.17. The van der Waals surface area contributed by atoms with Crippen LogP contribution in [0.2, 0.25) is 0 Å². The number of nitrogens with zero attached hydrogens (tertiary/aromatic N) is 2. The molecule has 4 rings (SSSR count). The molecule has 2 fully saturated rings. The molecule has 0 unspecified atom stereocenters. The van der Waals surface area contributed by atoms with Crippen molar-refractivity contribution in [3.8, 4) is 0 Å². The molecule has 0 N–H and O–H groups in total. The topological polar surface area (TPSA) is 40.6 Å². The number of hydrogen-bond acceptors (Lipinski definition) is 3. The standard InChI is InChI=1S/C22H26N2O2S/c1-3-19-16-24(27(25,26)20-11-9-17(2)10-12-20)22-21(19)13-14-23(22)15-18-7-5-4-6-8-18/h3-12,19,21-22H,1,13-16H2,2H3/t19-,21-,22+/m1/s1. The third-order valence-corrected chi connectivity index (χ3v) is 7.75. The van der Waals surface area contributed by atoms with E-state index in [2.05, 4.69) is 23.6 Å². The number of sulfonamides is 1. The molecule has 2 saturated heterocycles. The number of fused-ring (bicyclic) bond motifs is 1. The lowest BCUT2D eigenvalue weighted by Gasteiger charge is -2.31. The molecule has 3 atom stereocenters. The van der Waals surface area contributed by atoms with Crippen LogP contribution in [-0.2, 0) is 16.6 Å². The lowest BCUT2D eigenvalue weighted by atomic mass is 9.94. The minimum Gasteiger partial charge on any atom is -0.282 e. The second-order valence-corrected chi connectivity index (χ2v) is 9.50. The van der Waals surface area contributed by atoms with Crippen molar-refractivity contribution in [2.45, 2.75) is 31.0 Å². The number of aryl methyl sites for hydroxylation is 1. The molecular formula is C22H26N2O2S. The molecular weight excluding hydrogens is 356 g/mol. The maximum Gasteiger partial charge on any atom is 0.244 e. The van der Waals surface area contributed by atoms with Gasteiger partial charge in [-0.2, -0.15) is 4.31 Å². The molecule has 5 heteroatoms. The van der Waals surface area contributed by atoms with E-state index in [1.165, 1.54) is 5.56 Å². The SMILES string of the molecule is C=C[C@@H]1CN(S(=O)(=O)c2ccc(C)cc2)[C@H]2[C@@H]1CCN2Cc1ccccc1. The monoisotopic (exact) mass is 382 g/mol. The van der Waals surface area contributed by atoms with Crippen LogP contribution >= 0.6 is 0 Å². The summed E-state index contributed by atoms with van der Waals surface area (Å²) >= 11 is 0. The number of hydrogen-bond donors (Lipinski definition) is 0. The van der Waals surface area contributed by atoms with Gasteiger partial charge in [0, 0.05) is 19.6 Å². The second-order valence-electron chi connectivity index (χ2n) is 7.61. The first-order valence-corrected chi connectivity index (χ1v) is 10.9. The van der Waals surface area contributed by atoms with E-state index < -0.39 is 10.0 Å². The molecule has 0 aromatic heterocycles. The van der Waals surface area contributed by atoms with Crippen molar-refractivity contribution in [3.05, 3.63) is 78.4 Å². The van der Waals surface area contributed by atoms with Gasteiger partial charge in [-0.05, 0) is 42.9 Å². The molecule has 2 aromatic carbocycles. The summed E-state index contributed by atoms with van der Waals surface area (Å²) in [5, 5.41) is 0. The van der Waals surface area contributed by atoms with Crippen LogP contribution in [0.4, 0.5) is 0 Å². The molecule has 0 aliphatic carbocycles.